The molecule has 4 heteroatoms. The van der Waals surface area contributed by atoms with Gasteiger partial charge in [-0.25, -0.2) is 8.78 Å². The van der Waals surface area contributed by atoms with E-state index in [0.29, 0.717) is 12.6 Å². The molecule has 1 N–H and O–H groups in total. The third-order valence-electron chi connectivity index (χ3n) is 5.07. The Hall–Kier alpha value is -1.00. The summed E-state index contributed by atoms with van der Waals surface area (Å²) in [6.07, 6.45) is 6.06. The third-order valence-corrected chi connectivity index (χ3v) is 5.07. The van der Waals surface area contributed by atoms with Crippen LogP contribution < -0.4 is 5.32 Å². The minimum absolute atomic E-state index is 0.234. The van der Waals surface area contributed by atoms with Crippen LogP contribution in [0.25, 0.3) is 0 Å². The summed E-state index contributed by atoms with van der Waals surface area (Å²) in [5.41, 5.74) is 0.971. The van der Waals surface area contributed by atoms with Crippen LogP contribution >= 0.6 is 0 Å². The van der Waals surface area contributed by atoms with Gasteiger partial charge in [-0.15, -0.1) is 0 Å². The molecule has 0 aromatic heterocycles. The normalized spacial score (nSPS) is 25.6. The largest absolute Gasteiger partial charge is 0.308 e. The highest BCUT2D eigenvalue weighted by molar-refractivity contribution is 5.18. The van der Waals surface area contributed by atoms with E-state index in [1.807, 2.05) is 0 Å². The maximum absolute atomic E-state index is 13.4. The van der Waals surface area contributed by atoms with Crippen LogP contribution in [-0.4, -0.2) is 29.6 Å². The Morgan fingerprint density at radius 3 is 2.48 bits per heavy atom. The van der Waals surface area contributed by atoms with Crippen LogP contribution in [0, 0.1) is 11.6 Å². The van der Waals surface area contributed by atoms with E-state index in [1.165, 1.54) is 37.8 Å². The quantitative estimate of drug-likeness (QED) is 0.918. The highest BCUT2D eigenvalue weighted by atomic mass is 19.1. The first-order valence-electron chi connectivity index (χ1n) is 8.04. The fourth-order valence-corrected chi connectivity index (χ4v) is 3.95. The van der Waals surface area contributed by atoms with Crippen LogP contribution in [-0.2, 0) is 6.54 Å². The lowest BCUT2D eigenvalue weighted by molar-refractivity contribution is 0.0717. The van der Waals surface area contributed by atoms with Crippen molar-refractivity contribution >= 4 is 0 Å². The lowest BCUT2D eigenvalue weighted by atomic mass is 9.91. The number of nitrogens with zero attached hydrogens (tertiary/aromatic N) is 1. The highest BCUT2D eigenvalue weighted by Gasteiger charge is 2.40. The number of nitrogens with one attached hydrogen (secondary N) is 1. The number of hydrogen-bond acceptors (Lipinski definition) is 2. The van der Waals surface area contributed by atoms with E-state index in [4.69, 9.17) is 0 Å². The van der Waals surface area contributed by atoms with Crippen LogP contribution in [0.15, 0.2) is 18.2 Å². The van der Waals surface area contributed by atoms with Crippen molar-refractivity contribution in [3.8, 4) is 0 Å². The Morgan fingerprint density at radius 1 is 1.19 bits per heavy atom. The van der Waals surface area contributed by atoms with Crippen molar-refractivity contribution in [3.63, 3.8) is 0 Å². The van der Waals surface area contributed by atoms with Gasteiger partial charge < -0.3 is 5.32 Å². The SMILES string of the molecule is CCC1CNC2(CCCC2)CN1Cc1cc(F)cc(F)c1. The molecule has 1 aromatic carbocycles. The van der Waals surface area contributed by atoms with Crippen LogP contribution in [0.2, 0.25) is 0 Å². The molecule has 1 heterocycles. The molecule has 0 amide bonds. The van der Waals surface area contributed by atoms with Crippen LogP contribution in [0.1, 0.15) is 44.6 Å². The Labute approximate surface area is 125 Å². The van der Waals surface area contributed by atoms with Crippen LogP contribution in [0.3, 0.4) is 0 Å². The predicted molar refractivity (Wildman–Crippen MR) is 80.0 cm³/mol. The molecule has 1 unspecified atom stereocenters. The van der Waals surface area contributed by atoms with Gasteiger partial charge in [-0.1, -0.05) is 19.8 Å². The average Bonchev–Trinajstić information content (AvgIpc) is 2.86. The zero-order valence-electron chi connectivity index (χ0n) is 12.7. The van der Waals surface area contributed by atoms with Gasteiger partial charge in [0.25, 0.3) is 0 Å². The molecule has 2 nitrogen and oxygen atoms in total. The molecule has 21 heavy (non-hydrogen) atoms. The Balaban J connectivity index is 1.76. The minimum atomic E-state index is -0.483. The molecule has 1 saturated carbocycles. The maximum atomic E-state index is 13.4. The first kappa shape index (κ1) is 14.9. The summed E-state index contributed by atoms with van der Waals surface area (Å²) in [6, 6.07) is 4.30. The smallest absolute Gasteiger partial charge is 0.126 e. The fraction of sp³-hybridized carbons (Fsp3) is 0.647. The molecule has 1 spiro atoms. The molecule has 1 saturated heterocycles. The molecule has 1 aliphatic carbocycles. The van der Waals surface area contributed by atoms with Gasteiger partial charge in [0, 0.05) is 37.3 Å². The van der Waals surface area contributed by atoms with Crippen molar-refractivity contribution in [2.45, 2.75) is 57.2 Å². The Bertz CT molecular complexity index is 477. The molecule has 0 radical (unpaired) electrons. The van der Waals surface area contributed by atoms with E-state index in [1.54, 1.807) is 0 Å². The van der Waals surface area contributed by atoms with E-state index in [0.717, 1.165) is 31.1 Å². The van der Waals surface area contributed by atoms with Crippen LogP contribution in [0.4, 0.5) is 8.78 Å². The van der Waals surface area contributed by atoms with Gasteiger partial charge in [-0.2, -0.15) is 0 Å². The molecular formula is C17H24F2N2. The van der Waals surface area contributed by atoms with E-state index in [9.17, 15) is 8.78 Å². The standard InChI is InChI=1S/C17H24F2N2/c1-2-16-10-20-17(5-3-4-6-17)12-21(16)11-13-7-14(18)9-15(19)8-13/h7-9,16,20H,2-6,10-12H2,1H3. The molecule has 2 aliphatic rings. The van der Waals surface area contributed by atoms with Crippen molar-refractivity contribution in [3.05, 3.63) is 35.4 Å². The zero-order chi connectivity index (χ0) is 14.9. The zero-order valence-corrected chi connectivity index (χ0v) is 12.7. The van der Waals surface area contributed by atoms with Gasteiger partial charge in [-0.05, 0) is 37.0 Å². The second-order valence-corrected chi connectivity index (χ2v) is 6.61. The summed E-state index contributed by atoms with van der Waals surface area (Å²) >= 11 is 0. The van der Waals surface area contributed by atoms with Crippen molar-refractivity contribution in [2.75, 3.05) is 13.1 Å². The van der Waals surface area contributed by atoms with E-state index in [2.05, 4.69) is 17.1 Å². The molecule has 1 aliphatic heterocycles. The van der Waals surface area contributed by atoms with Crippen molar-refractivity contribution in [2.24, 2.45) is 0 Å². The molecule has 1 aromatic rings. The summed E-state index contributed by atoms with van der Waals surface area (Å²) < 4.78 is 26.8. The fourth-order valence-electron chi connectivity index (χ4n) is 3.95. The topological polar surface area (TPSA) is 15.3 Å². The van der Waals surface area contributed by atoms with E-state index >= 15 is 0 Å². The number of piperazine rings is 1. The van der Waals surface area contributed by atoms with Gasteiger partial charge in [-0.3, -0.25) is 4.90 Å². The number of hydrogen-bond donors (Lipinski definition) is 1. The molecule has 3 rings (SSSR count). The molecule has 1 atom stereocenters. The highest BCUT2D eigenvalue weighted by Crippen LogP contribution is 2.34. The van der Waals surface area contributed by atoms with Crippen molar-refractivity contribution in [1.82, 2.24) is 10.2 Å². The Kier molecular flexibility index (Phi) is 4.27. The van der Waals surface area contributed by atoms with E-state index < -0.39 is 11.6 Å². The number of rotatable bonds is 3. The molecule has 0 bridgehead atoms. The van der Waals surface area contributed by atoms with Gasteiger partial charge in [0.15, 0.2) is 0 Å². The summed E-state index contributed by atoms with van der Waals surface area (Å²) in [7, 11) is 0. The number of benzene rings is 1. The molecular weight excluding hydrogens is 270 g/mol. The van der Waals surface area contributed by atoms with Gasteiger partial charge in [0.1, 0.15) is 11.6 Å². The van der Waals surface area contributed by atoms with Gasteiger partial charge >= 0.3 is 0 Å². The lowest BCUT2D eigenvalue weighted by Gasteiger charge is -2.46. The lowest BCUT2D eigenvalue weighted by Crippen LogP contribution is -2.62. The number of halogens is 2. The Morgan fingerprint density at radius 2 is 1.86 bits per heavy atom. The summed E-state index contributed by atoms with van der Waals surface area (Å²) in [6.45, 7) is 4.78. The predicted octanol–water partition coefficient (Wildman–Crippen LogP) is 3.46. The summed E-state index contributed by atoms with van der Waals surface area (Å²) in [5.74, 6) is -0.965. The van der Waals surface area contributed by atoms with Gasteiger partial charge in [0.2, 0.25) is 0 Å². The monoisotopic (exact) mass is 294 g/mol. The van der Waals surface area contributed by atoms with Crippen molar-refractivity contribution < 1.29 is 8.78 Å². The average molecular weight is 294 g/mol. The first-order chi connectivity index (χ1) is 10.1. The van der Waals surface area contributed by atoms with Gasteiger partial charge in [0.05, 0.1) is 0 Å². The van der Waals surface area contributed by atoms with E-state index in [-0.39, 0.29) is 5.54 Å². The molecule has 2 fully saturated rings. The summed E-state index contributed by atoms with van der Waals surface area (Å²) in [5, 5.41) is 3.74. The maximum Gasteiger partial charge on any atom is 0.126 e. The first-order valence-corrected chi connectivity index (χ1v) is 8.04. The van der Waals surface area contributed by atoms with Crippen molar-refractivity contribution in [1.29, 1.82) is 0 Å². The van der Waals surface area contributed by atoms with Crippen LogP contribution in [0.5, 0.6) is 0 Å². The minimum Gasteiger partial charge on any atom is -0.308 e. The second-order valence-electron chi connectivity index (χ2n) is 6.61. The molecule has 116 valence electrons. The summed E-state index contributed by atoms with van der Waals surface area (Å²) in [4.78, 5) is 2.41. The second kappa shape index (κ2) is 6.01. The third kappa shape index (κ3) is 3.27.